The van der Waals surface area contributed by atoms with Gasteiger partial charge in [0.1, 0.15) is 0 Å². The molecule has 0 aliphatic carbocycles. The van der Waals surface area contributed by atoms with Gasteiger partial charge in [0.05, 0.1) is 11.3 Å². The number of hydrogen-bond donors (Lipinski definition) is 1. The molecule has 0 atom stereocenters. The van der Waals surface area contributed by atoms with Gasteiger partial charge in [-0.25, -0.2) is 4.99 Å². The molecule has 0 spiro atoms. The molecule has 1 heterocycles. The van der Waals surface area contributed by atoms with Gasteiger partial charge in [0.2, 0.25) is 0 Å². The van der Waals surface area contributed by atoms with Crippen LogP contribution in [0, 0.1) is 11.5 Å². The van der Waals surface area contributed by atoms with Crippen molar-refractivity contribution in [2.45, 2.75) is 12.7 Å². The van der Waals surface area contributed by atoms with Crippen molar-refractivity contribution < 1.29 is 13.2 Å². The molecular formula is C21H22F3N5S. The van der Waals surface area contributed by atoms with E-state index in [1.54, 1.807) is 18.5 Å². The van der Waals surface area contributed by atoms with Crippen LogP contribution in [0.1, 0.15) is 11.1 Å². The van der Waals surface area contributed by atoms with Crippen molar-refractivity contribution in [3.05, 3.63) is 59.7 Å². The second-order valence-corrected chi connectivity index (χ2v) is 7.60. The molecule has 0 amide bonds. The van der Waals surface area contributed by atoms with Crippen molar-refractivity contribution in [3.8, 4) is 6.19 Å². The first-order chi connectivity index (χ1) is 14.4. The Labute approximate surface area is 178 Å². The van der Waals surface area contributed by atoms with Crippen molar-refractivity contribution in [2.24, 2.45) is 4.99 Å². The minimum absolute atomic E-state index is 0.116. The van der Waals surface area contributed by atoms with E-state index >= 15 is 0 Å². The van der Waals surface area contributed by atoms with Gasteiger partial charge < -0.3 is 4.90 Å². The molecule has 0 unspecified atom stereocenters. The van der Waals surface area contributed by atoms with Crippen molar-refractivity contribution >= 4 is 28.3 Å². The lowest BCUT2D eigenvalue weighted by atomic mass is 10.1. The summed E-state index contributed by atoms with van der Waals surface area (Å²) in [6, 6.07) is 14.3. The minimum Gasteiger partial charge on any atom is -0.369 e. The molecule has 30 heavy (non-hydrogen) atoms. The first-order valence-corrected chi connectivity index (χ1v) is 10.6. The monoisotopic (exact) mass is 433 g/mol. The highest BCUT2D eigenvalue weighted by molar-refractivity contribution is 8.13. The van der Waals surface area contributed by atoms with Gasteiger partial charge in [-0.15, -0.1) is 0 Å². The summed E-state index contributed by atoms with van der Waals surface area (Å²) in [6.07, 6.45) is -1.22. The topological polar surface area (TPSA) is 54.7 Å². The molecule has 1 fully saturated rings. The van der Waals surface area contributed by atoms with Crippen LogP contribution in [0.2, 0.25) is 0 Å². The van der Waals surface area contributed by atoms with Gasteiger partial charge in [-0.3, -0.25) is 10.2 Å². The van der Waals surface area contributed by atoms with Crippen molar-refractivity contribution in [1.82, 2.24) is 10.2 Å². The fraction of sp³-hybridized carbons (Fsp3) is 0.333. The molecule has 0 radical (unpaired) electrons. The van der Waals surface area contributed by atoms with E-state index in [0.29, 0.717) is 18.8 Å². The molecule has 1 aliphatic heterocycles. The number of halogens is 3. The first-order valence-electron chi connectivity index (χ1n) is 9.41. The Bertz CT molecular complexity index is 916. The lowest BCUT2D eigenvalue weighted by Gasteiger charge is -2.36. The molecule has 9 heteroatoms. The van der Waals surface area contributed by atoms with Crippen LogP contribution in [0.25, 0.3) is 0 Å². The average molecular weight is 434 g/mol. The summed E-state index contributed by atoms with van der Waals surface area (Å²) in [5.74, 6) is 0. The molecule has 0 bridgehead atoms. The van der Waals surface area contributed by atoms with E-state index in [0.717, 1.165) is 37.5 Å². The van der Waals surface area contributed by atoms with Gasteiger partial charge in [-0.2, -0.15) is 18.4 Å². The first kappa shape index (κ1) is 22.0. The minimum atomic E-state index is -4.54. The third kappa shape index (κ3) is 5.68. The predicted molar refractivity (Wildman–Crippen MR) is 115 cm³/mol. The fourth-order valence-corrected chi connectivity index (χ4v) is 3.67. The molecule has 2 aromatic carbocycles. The summed E-state index contributed by atoms with van der Waals surface area (Å²) in [5, 5.41) is 11.1. The van der Waals surface area contributed by atoms with Crippen molar-refractivity contribution in [2.75, 3.05) is 37.3 Å². The second-order valence-electron chi connectivity index (χ2n) is 6.81. The number of nitrogens with one attached hydrogen (secondary N) is 1. The lowest BCUT2D eigenvalue weighted by Crippen LogP contribution is -2.46. The fourth-order valence-electron chi connectivity index (χ4n) is 3.33. The molecule has 1 N–H and O–H groups in total. The number of nitrogens with zero attached hydrogens (tertiary/aromatic N) is 4. The Morgan fingerprint density at radius 2 is 1.83 bits per heavy atom. The molecule has 2 aromatic rings. The van der Waals surface area contributed by atoms with Crippen LogP contribution in [0.4, 0.5) is 24.5 Å². The molecule has 158 valence electrons. The summed E-state index contributed by atoms with van der Waals surface area (Å²) in [7, 11) is 0. The van der Waals surface area contributed by atoms with Crippen LogP contribution in [-0.2, 0) is 12.7 Å². The van der Waals surface area contributed by atoms with E-state index in [1.165, 1.54) is 11.6 Å². The zero-order valence-corrected chi connectivity index (χ0v) is 17.3. The molecule has 5 nitrogen and oxygen atoms in total. The van der Waals surface area contributed by atoms with Gasteiger partial charge in [-0.1, -0.05) is 42.1 Å². The third-order valence-electron chi connectivity index (χ3n) is 4.85. The summed E-state index contributed by atoms with van der Waals surface area (Å²) < 4.78 is 41.0. The number of benzene rings is 2. The third-order valence-corrected chi connectivity index (χ3v) is 5.43. The average Bonchev–Trinajstić information content (AvgIpc) is 2.74. The van der Waals surface area contributed by atoms with E-state index in [2.05, 4.69) is 27.3 Å². The smallest absolute Gasteiger partial charge is 0.369 e. The molecule has 1 aliphatic rings. The van der Waals surface area contributed by atoms with Crippen LogP contribution >= 0.6 is 11.8 Å². The number of piperazine rings is 1. The molecule has 0 saturated carbocycles. The predicted octanol–water partition coefficient (Wildman–Crippen LogP) is 4.45. The number of thioether (sulfide) groups is 1. The van der Waals surface area contributed by atoms with Gasteiger partial charge in [0.25, 0.3) is 0 Å². The van der Waals surface area contributed by atoms with Crippen LogP contribution < -0.4 is 10.2 Å². The van der Waals surface area contributed by atoms with Crippen LogP contribution in [-0.4, -0.2) is 42.5 Å². The lowest BCUT2D eigenvalue weighted by molar-refractivity contribution is -0.137. The highest BCUT2D eigenvalue weighted by Crippen LogP contribution is 2.39. The van der Waals surface area contributed by atoms with Crippen LogP contribution in [0.5, 0.6) is 0 Å². The Morgan fingerprint density at radius 1 is 1.13 bits per heavy atom. The molecular weight excluding hydrogens is 411 g/mol. The Morgan fingerprint density at radius 3 is 2.43 bits per heavy atom. The van der Waals surface area contributed by atoms with E-state index in [9.17, 15) is 13.2 Å². The maximum absolute atomic E-state index is 13.7. The number of rotatable bonds is 4. The summed E-state index contributed by atoms with van der Waals surface area (Å²) >= 11 is 1.07. The van der Waals surface area contributed by atoms with E-state index in [4.69, 9.17) is 5.26 Å². The maximum atomic E-state index is 13.7. The Balaban J connectivity index is 1.75. The summed E-state index contributed by atoms with van der Waals surface area (Å²) in [5.41, 5.74) is 0.738. The number of amidine groups is 1. The number of hydrogen-bond acceptors (Lipinski definition) is 5. The van der Waals surface area contributed by atoms with Gasteiger partial charge >= 0.3 is 6.18 Å². The maximum Gasteiger partial charge on any atom is 0.418 e. The van der Waals surface area contributed by atoms with Crippen molar-refractivity contribution in [3.63, 3.8) is 0 Å². The summed E-state index contributed by atoms with van der Waals surface area (Å²) in [4.78, 5) is 8.24. The van der Waals surface area contributed by atoms with Crippen LogP contribution in [0.15, 0.2) is 53.5 Å². The normalized spacial score (nSPS) is 15.7. The summed E-state index contributed by atoms with van der Waals surface area (Å²) in [6.45, 7) is 3.69. The Kier molecular flexibility index (Phi) is 7.24. The standard InChI is InChI=1S/C21H22F3N5S/c1-30-20(26-15-25)27-19-8-7-17(13-18(19)21(22,23)24)29-11-9-28(10-12-29)14-16-5-3-2-4-6-16/h2-8,13H,9-12,14H2,1H3,(H,26,27). The number of alkyl halides is 3. The number of nitriles is 1. The van der Waals surface area contributed by atoms with E-state index in [1.807, 2.05) is 23.1 Å². The number of anilines is 1. The molecule has 0 aromatic heterocycles. The Hall–Kier alpha value is -2.70. The largest absolute Gasteiger partial charge is 0.418 e. The zero-order chi connectivity index (χ0) is 21.6. The zero-order valence-electron chi connectivity index (χ0n) is 16.5. The van der Waals surface area contributed by atoms with Gasteiger partial charge in [0, 0.05) is 38.4 Å². The van der Waals surface area contributed by atoms with Gasteiger partial charge in [0.15, 0.2) is 11.4 Å². The van der Waals surface area contributed by atoms with Crippen molar-refractivity contribution in [1.29, 1.82) is 5.26 Å². The highest BCUT2D eigenvalue weighted by Gasteiger charge is 2.34. The molecule has 3 rings (SSSR count). The van der Waals surface area contributed by atoms with E-state index in [-0.39, 0.29) is 10.9 Å². The van der Waals surface area contributed by atoms with Gasteiger partial charge in [-0.05, 0) is 30.0 Å². The van der Waals surface area contributed by atoms with E-state index < -0.39 is 11.7 Å². The SMILES string of the molecule is CSC(=Nc1ccc(N2CCN(Cc3ccccc3)CC2)cc1C(F)(F)F)NC#N. The highest BCUT2D eigenvalue weighted by atomic mass is 32.2. The quantitative estimate of drug-likeness (QED) is 0.334. The second kappa shape index (κ2) is 9.87. The number of aliphatic imine (C=N–C) groups is 1. The van der Waals surface area contributed by atoms with Crippen LogP contribution in [0.3, 0.4) is 0 Å². The molecule has 1 saturated heterocycles.